The van der Waals surface area contributed by atoms with Crippen LogP contribution in [-0.4, -0.2) is 62.2 Å². The summed E-state index contributed by atoms with van der Waals surface area (Å²) in [6.45, 7) is 4.64. The SMILES string of the molecule is CC(=O)Nc1cc(NC(=O)CN2CCN(S(=O)(=O)c3ccc(C)cc3)CC2)ccc1F. The van der Waals surface area contributed by atoms with Crippen LogP contribution in [0.15, 0.2) is 47.4 Å². The average molecular weight is 449 g/mol. The number of piperazine rings is 1. The Labute approximate surface area is 181 Å². The number of anilines is 2. The fourth-order valence-corrected chi connectivity index (χ4v) is 4.70. The van der Waals surface area contributed by atoms with E-state index in [0.717, 1.165) is 11.6 Å². The van der Waals surface area contributed by atoms with Crippen LogP contribution in [-0.2, 0) is 19.6 Å². The summed E-state index contributed by atoms with van der Waals surface area (Å²) in [6, 6.07) is 10.6. The van der Waals surface area contributed by atoms with Gasteiger partial charge in [0.05, 0.1) is 17.1 Å². The molecule has 2 aromatic rings. The van der Waals surface area contributed by atoms with Crippen LogP contribution in [0.5, 0.6) is 0 Å². The summed E-state index contributed by atoms with van der Waals surface area (Å²) in [5.74, 6) is -1.32. The predicted molar refractivity (Wildman–Crippen MR) is 116 cm³/mol. The van der Waals surface area contributed by atoms with Crippen LogP contribution in [0.2, 0.25) is 0 Å². The van der Waals surface area contributed by atoms with Gasteiger partial charge in [-0.15, -0.1) is 0 Å². The number of hydrogen-bond acceptors (Lipinski definition) is 5. The molecule has 166 valence electrons. The zero-order chi connectivity index (χ0) is 22.6. The Hall–Kier alpha value is -2.82. The van der Waals surface area contributed by atoms with E-state index in [2.05, 4.69) is 10.6 Å². The first-order valence-corrected chi connectivity index (χ1v) is 11.3. The van der Waals surface area contributed by atoms with Gasteiger partial charge in [0.25, 0.3) is 0 Å². The van der Waals surface area contributed by atoms with Gasteiger partial charge < -0.3 is 10.6 Å². The summed E-state index contributed by atoms with van der Waals surface area (Å²) in [4.78, 5) is 25.6. The first-order chi connectivity index (χ1) is 14.6. The summed E-state index contributed by atoms with van der Waals surface area (Å²) in [5.41, 5.74) is 1.33. The van der Waals surface area contributed by atoms with E-state index in [9.17, 15) is 22.4 Å². The molecule has 2 amide bonds. The van der Waals surface area contributed by atoms with Crippen molar-refractivity contribution in [1.29, 1.82) is 0 Å². The van der Waals surface area contributed by atoms with Gasteiger partial charge in [-0.3, -0.25) is 14.5 Å². The monoisotopic (exact) mass is 448 g/mol. The minimum atomic E-state index is -3.56. The Balaban J connectivity index is 1.54. The first kappa shape index (κ1) is 22.9. The van der Waals surface area contributed by atoms with E-state index < -0.39 is 21.7 Å². The Kier molecular flexibility index (Phi) is 7.04. The smallest absolute Gasteiger partial charge is 0.243 e. The lowest BCUT2D eigenvalue weighted by Crippen LogP contribution is -2.50. The van der Waals surface area contributed by atoms with Crippen LogP contribution in [0.1, 0.15) is 12.5 Å². The van der Waals surface area contributed by atoms with E-state index in [1.54, 1.807) is 24.3 Å². The maximum atomic E-state index is 13.7. The molecule has 10 heteroatoms. The number of rotatable bonds is 6. The van der Waals surface area contributed by atoms with Crippen molar-refractivity contribution >= 4 is 33.2 Å². The molecule has 1 aliphatic rings. The molecule has 0 unspecified atom stereocenters. The Bertz CT molecular complexity index is 1070. The normalized spacial score (nSPS) is 15.5. The third-order valence-corrected chi connectivity index (χ3v) is 6.83. The number of carbonyl (C=O) groups excluding carboxylic acids is 2. The predicted octanol–water partition coefficient (Wildman–Crippen LogP) is 2.04. The molecule has 0 atom stereocenters. The van der Waals surface area contributed by atoms with Crippen molar-refractivity contribution < 1.29 is 22.4 Å². The maximum absolute atomic E-state index is 13.7. The van der Waals surface area contributed by atoms with Gasteiger partial charge in [0.1, 0.15) is 5.82 Å². The fourth-order valence-electron chi connectivity index (χ4n) is 3.28. The van der Waals surface area contributed by atoms with E-state index in [0.29, 0.717) is 18.8 Å². The number of carbonyl (C=O) groups is 2. The number of hydrogen-bond donors (Lipinski definition) is 2. The van der Waals surface area contributed by atoms with Gasteiger partial charge in [-0.1, -0.05) is 17.7 Å². The Morgan fingerprint density at radius 3 is 2.26 bits per heavy atom. The lowest BCUT2D eigenvalue weighted by Gasteiger charge is -2.33. The largest absolute Gasteiger partial charge is 0.325 e. The van der Waals surface area contributed by atoms with Crippen LogP contribution in [0, 0.1) is 12.7 Å². The van der Waals surface area contributed by atoms with Crippen molar-refractivity contribution in [3.63, 3.8) is 0 Å². The molecule has 8 nitrogen and oxygen atoms in total. The molecular weight excluding hydrogens is 423 g/mol. The van der Waals surface area contributed by atoms with Gasteiger partial charge in [-0.2, -0.15) is 4.31 Å². The van der Waals surface area contributed by atoms with Crippen LogP contribution < -0.4 is 10.6 Å². The molecule has 2 aromatic carbocycles. The van der Waals surface area contributed by atoms with Crippen molar-refractivity contribution in [2.75, 3.05) is 43.4 Å². The number of aryl methyl sites for hydroxylation is 1. The molecule has 0 aromatic heterocycles. The van der Waals surface area contributed by atoms with Crippen LogP contribution in [0.25, 0.3) is 0 Å². The number of nitrogens with zero attached hydrogens (tertiary/aromatic N) is 2. The highest BCUT2D eigenvalue weighted by Gasteiger charge is 2.29. The lowest BCUT2D eigenvalue weighted by atomic mass is 10.2. The van der Waals surface area contributed by atoms with Crippen molar-refractivity contribution in [1.82, 2.24) is 9.21 Å². The summed E-state index contributed by atoms with van der Waals surface area (Å²) < 4.78 is 40.7. The highest BCUT2D eigenvalue weighted by molar-refractivity contribution is 7.89. The van der Waals surface area contributed by atoms with Crippen molar-refractivity contribution in [2.45, 2.75) is 18.7 Å². The average Bonchev–Trinajstić information content (AvgIpc) is 2.71. The van der Waals surface area contributed by atoms with Gasteiger partial charge in [0.15, 0.2) is 0 Å². The maximum Gasteiger partial charge on any atom is 0.243 e. The van der Waals surface area contributed by atoms with Crippen LogP contribution >= 0.6 is 0 Å². The Morgan fingerprint density at radius 2 is 1.65 bits per heavy atom. The molecule has 0 radical (unpaired) electrons. The summed E-state index contributed by atoms with van der Waals surface area (Å²) in [6.07, 6.45) is 0. The quantitative estimate of drug-likeness (QED) is 0.705. The minimum Gasteiger partial charge on any atom is -0.325 e. The van der Waals surface area contributed by atoms with Gasteiger partial charge >= 0.3 is 0 Å². The second-order valence-electron chi connectivity index (χ2n) is 7.42. The second-order valence-corrected chi connectivity index (χ2v) is 9.36. The van der Waals surface area contributed by atoms with E-state index in [1.165, 1.54) is 23.4 Å². The van der Waals surface area contributed by atoms with Gasteiger partial charge in [0, 0.05) is 38.8 Å². The van der Waals surface area contributed by atoms with Crippen molar-refractivity contribution in [3.8, 4) is 0 Å². The molecule has 3 rings (SSSR count). The molecular formula is C21H25FN4O4S. The molecule has 1 heterocycles. The second kappa shape index (κ2) is 9.54. The topological polar surface area (TPSA) is 98.8 Å². The number of nitrogens with one attached hydrogen (secondary N) is 2. The van der Waals surface area contributed by atoms with Gasteiger partial charge in [0.2, 0.25) is 21.8 Å². The van der Waals surface area contributed by atoms with E-state index >= 15 is 0 Å². The minimum absolute atomic E-state index is 0.0137. The molecule has 1 saturated heterocycles. The van der Waals surface area contributed by atoms with E-state index in [4.69, 9.17) is 0 Å². The number of amides is 2. The molecule has 31 heavy (non-hydrogen) atoms. The first-order valence-electron chi connectivity index (χ1n) is 9.81. The highest BCUT2D eigenvalue weighted by Crippen LogP contribution is 2.20. The number of benzene rings is 2. The lowest BCUT2D eigenvalue weighted by molar-refractivity contribution is -0.117. The standard InChI is InChI=1S/C21H25FN4O4S/c1-15-3-6-18(7-4-15)31(29,30)26-11-9-25(10-12-26)14-21(28)24-17-5-8-19(22)20(13-17)23-16(2)27/h3-8,13H,9-12,14H2,1-2H3,(H,23,27)(H,24,28). The number of halogens is 1. The fraction of sp³-hybridized carbons (Fsp3) is 0.333. The molecule has 0 spiro atoms. The molecule has 0 bridgehead atoms. The van der Waals surface area contributed by atoms with E-state index in [-0.39, 0.29) is 36.1 Å². The third kappa shape index (κ3) is 5.87. The number of sulfonamides is 1. The van der Waals surface area contributed by atoms with Gasteiger partial charge in [-0.25, -0.2) is 12.8 Å². The van der Waals surface area contributed by atoms with Crippen LogP contribution in [0.3, 0.4) is 0 Å². The Morgan fingerprint density at radius 1 is 1.00 bits per heavy atom. The molecule has 1 aliphatic heterocycles. The summed E-state index contributed by atoms with van der Waals surface area (Å²) in [7, 11) is -3.56. The molecule has 1 fully saturated rings. The highest BCUT2D eigenvalue weighted by atomic mass is 32.2. The summed E-state index contributed by atoms with van der Waals surface area (Å²) >= 11 is 0. The summed E-state index contributed by atoms with van der Waals surface area (Å²) in [5, 5.41) is 5.04. The zero-order valence-electron chi connectivity index (χ0n) is 17.4. The zero-order valence-corrected chi connectivity index (χ0v) is 18.2. The van der Waals surface area contributed by atoms with Gasteiger partial charge in [-0.05, 0) is 37.3 Å². The molecule has 2 N–H and O–H groups in total. The van der Waals surface area contributed by atoms with E-state index in [1.807, 2.05) is 11.8 Å². The van der Waals surface area contributed by atoms with Crippen molar-refractivity contribution in [2.24, 2.45) is 0 Å². The molecule has 0 aliphatic carbocycles. The van der Waals surface area contributed by atoms with Crippen LogP contribution in [0.4, 0.5) is 15.8 Å². The third-order valence-electron chi connectivity index (χ3n) is 4.92. The molecule has 0 saturated carbocycles. The van der Waals surface area contributed by atoms with Crippen molar-refractivity contribution in [3.05, 3.63) is 53.8 Å².